The number of unbranched alkanes of at least 4 members (excludes halogenated alkanes) is 10. The van der Waals surface area contributed by atoms with E-state index in [9.17, 15) is 19.0 Å². The van der Waals surface area contributed by atoms with Gasteiger partial charge in [0.05, 0.1) is 27.7 Å². The van der Waals surface area contributed by atoms with Crippen LogP contribution in [0.4, 0.5) is 0 Å². The first-order valence-corrected chi connectivity index (χ1v) is 40.6. The number of carbonyl (C=O) groups is 2. The summed E-state index contributed by atoms with van der Waals surface area (Å²) >= 11 is 0. The van der Waals surface area contributed by atoms with Gasteiger partial charge in [-0.1, -0.05) is 320 Å². The van der Waals surface area contributed by atoms with Crippen molar-refractivity contribution in [2.75, 3.05) is 47.5 Å². The van der Waals surface area contributed by atoms with Crippen molar-refractivity contribution in [1.29, 1.82) is 0 Å². The van der Waals surface area contributed by atoms with Crippen LogP contribution in [0.3, 0.4) is 0 Å². The molecular formula is C92H141NO8P+. The zero-order chi connectivity index (χ0) is 74.0. The van der Waals surface area contributed by atoms with Crippen LogP contribution in [0.5, 0.6) is 0 Å². The van der Waals surface area contributed by atoms with Gasteiger partial charge >= 0.3 is 19.8 Å². The van der Waals surface area contributed by atoms with E-state index in [-0.39, 0.29) is 26.1 Å². The Bertz CT molecular complexity index is 2730. The van der Waals surface area contributed by atoms with E-state index in [2.05, 4.69) is 281 Å². The Morgan fingerprint density at radius 1 is 0.304 bits per heavy atom. The first-order chi connectivity index (χ1) is 50.0. The van der Waals surface area contributed by atoms with Gasteiger partial charge < -0.3 is 18.9 Å². The molecule has 566 valence electrons. The molecular weight excluding hydrogens is 1280 g/mol. The van der Waals surface area contributed by atoms with E-state index < -0.39 is 32.5 Å². The molecule has 0 aliphatic heterocycles. The first-order valence-electron chi connectivity index (χ1n) is 39.1. The fourth-order valence-corrected chi connectivity index (χ4v) is 10.1. The van der Waals surface area contributed by atoms with Crippen molar-refractivity contribution < 1.29 is 42.1 Å². The van der Waals surface area contributed by atoms with Crippen LogP contribution < -0.4 is 0 Å². The standard InChI is InChI=1S/C92H140NO8P/c1-6-8-10-12-14-16-18-20-22-24-26-28-30-32-34-36-38-40-42-44-46-48-50-52-54-56-58-60-62-64-66-68-70-72-74-76-78-80-82-84-91(94)98-88-90(89-100-102(96,97)99-87-86-93(3,4)5)101-92(95)85-83-81-79-77-75-73-71-69-67-65-63-61-59-57-55-53-51-49-47-45-43-41-39-37-35-33-31-29-27-25-23-21-19-17-15-13-11-9-7-2/h8-11,14-17,20-23,26-29,32-35,38-41,44-47,50-53,56-59,62-65,69,71,75,77,90H,6-7,12-13,18-19,24-25,30-31,36-37,42-43,48-49,54-55,60-61,66-68,70,72-74,76,78-89H2,1-5H3/p+1/b10-8-,11-9-,16-14-,17-15-,22-20-,23-21-,28-26-,29-27-,34-32-,35-33-,40-38-,41-39-,46-44-,47-45-,52-50-,53-51-,58-56-,59-57-,64-62-,65-63-,71-69-,77-75-. The Morgan fingerprint density at radius 2 is 0.529 bits per heavy atom. The normalized spacial score (nSPS) is 14.5. The molecule has 0 rings (SSSR count). The molecule has 2 atom stereocenters. The predicted octanol–water partition coefficient (Wildman–Crippen LogP) is 26.6. The summed E-state index contributed by atoms with van der Waals surface area (Å²) in [6.07, 6.45) is 131. The number of allylic oxidation sites excluding steroid dienone is 44. The summed E-state index contributed by atoms with van der Waals surface area (Å²) in [7, 11) is 1.40. The van der Waals surface area contributed by atoms with Crippen molar-refractivity contribution in [1.82, 2.24) is 0 Å². The molecule has 2 unspecified atom stereocenters. The summed E-state index contributed by atoms with van der Waals surface area (Å²) in [4.78, 5) is 35.9. The van der Waals surface area contributed by atoms with Crippen molar-refractivity contribution in [3.8, 4) is 0 Å². The summed E-state index contributed by atoms with van der Waals surface area (Å²) in [6, 6.07) is 0. The minimum atomic E-state index is -4.43. The third-order valence-corrected chi connectivity index (χ3v) is 16.2. The van der Waals surface area contributed by atoms with Crippen molar-refractivity contribution in [2.24, 2.45) is 0 Å². The number of ether oxygens (including phenoxy) is 2. The van der Waals surface area contributed by atoms with Crippen LogP contribution in [0.15, 0.2) is 267 Å². The second-order valence-corrected chi connectivity index (χ2v) is 27.4. The van der Waals surface area contributed by atoms with E-state index in [1.807, 2.05) is 21.1 Å². The SMILES string of the molecule is CC/C=C\C/C=C\C/C=C\C/C=C\C/C=C\C/C=C\C/C=C\C/C=C\C/C=C\C/C=C\C/C=C\C/C=C\CCCCC(=O)OC(COC(=O)CCCCCCCCCC/C=C\C/C=C\C/C=C\C/C=C\C/C=C\C/C=C\C/C=C\C/C=C\C/C=C\C/C=C\CC)COP(=O)(O)OCC[N+](C)(C)C. The van der Waals surface area contributed by atoms with Crippen molar-refractivity contribution in [3.63, 3.8) is 0 Å². The lowest BCUT2D eigenvalue weighted by Gasteiger charge is -2.24. The van der Waals surface area contributed by atoms with Crippen LogP contribution in [0.1, 0.15) is 245 Å². The summed E-state index contributed by atoms with van der Waals surface area (Å²) in [5, 5.41) is 0. The smallest absolute Gasteiger partial charge is 0.462 e. The van der Waals surface area contributed by atoms with Gasteiger partial charge in [0.2, 0.25) is 0 Å². The van der Waals surface area contributed by atoms with Gasteiger partial charge in [0, 0.05) is 12.8 Å². The number of rotatable bonds is 68. The summed E-state index contributed by atoms with van der Waals surface area (Å²) in [5.74, 6) is -0.880. The molecule has 0 radical (unpaired) electrons. The Kier molecular flexibility index (Phi) is 73.3. The topological polar surface area (TPSA) is 108 Å². The fourth-order valence-electron chi connectivity index (χ4n) is 9.38. The molecule has 9 nitrogen and oxygen atoms in total. The van der Waals surface area contributed by atoms with Gasteiger partial charge in [0.25, 0.3) is 0 Å². The Hall–Kier alpha value is -6.71. The van der Waals surface area contributed by atoms with E-state index in [4.69, 9.17) is 18.5 Å². The third kappa shape index (κ3) is 82.2. The molecule has 0 aliphatic rings. The fraction of sp³-hybridized carbons (Fsp3) is 0.500. The summed E-state index contributed by atoms with van der Waals surface area (Å²) < 4.78 is 34.7. The molecule has 10 heteroatoms. The zero-order valence-electron chi connectivity index (χ0n) is 64.5. The van der Waals surface area contributed by atoms with Crippen LogP contribution in [0.2, 0.25) is 0 Å². The Labute approximate surface area is 624 Å². The van der Waals surface area contributed by atoms with Crippen LogP contribution in [0.25, 0.3) is 0 Å². The highest BCUT2D eigenvalue weighted by molar-refractivity contribution is 7.47. The number of esters is 2. The molecule has 0 heterocycles. The zero-order valence-corrected chi connectivity index (χ0v) is 65.4. The van der Waals surface area contributed by atoms with Gasteiger partial charge in [0.1, 0.15) is 19.8 Å². The maximum absolute atomic E-state index is 12.9. The highest BCUT2D eigenvalue weighted by atomic mass is 31.2. The Morgan fingerprint density at radius 3 is 0.804 bits per heavy atom. The molecule has 0 spiro atoms. The molecule has 0 fully saturated rings. The Balaban J connectivity index is 4.22. The number of phosphoric acid groups is 1. The van der Waals surface area contributed by atoms with Crippen LogP contribution in [0, 0.1) is 0 Å². The number of hydrogen-bond donors (Lipinski definition) is 1. The summed E-state index contributed by atoms with van der Waals surface area (Å²) in [6.45, 7) is 4.11. The van der Waals surface area contributed by atoms with Crippen molar-refractivity contribution in [2.45, 2.75) is 251 Å². The first kappa shape index (κ1) is 95.3. The minimum Gasteiger partial charge on any atom is -0.462 e. The van der Waals surface area contributed by atoms with Gasteiger partial charge in [-0.05, 0) is 180 Å². The highest BCUT2D eigenvalue weighted by Crippen LogP contribution is 2.43. The number of hydrogen-bond acceptors (Lipinski definition) is 7. The maximum atomic E-state index is 12.9. The number of nitrogens with zero attached hydrogens (tertiary/aromatic N) is 1. The maximum Gasteiger partial charge on any atom is 0.472 e. The van der Waals surface area contributed by atoms with E-state index in [0.29, 0.717) is 23.9 Å². The van der Waals surface area contributed by atoms with Gasteiger partial charge in [-0.15, -0.1) is 0 Å². The van der Waals surface area contributed by atoms with Crippen LogP contribution >= 0.6 is 7.82 Å². The summed E-state index contributed by atoms with van der Waals surface area (Å²) in [5.41, 5.74) is 0. The second kappa shape index (κ2) is 78.4. The molecule has 1 N–H and O–H groups in total. The average molecular weight is 1420 g/mol. The third-order valence-electron chi connectivity index (χ3n) is 15.3. The molecule has 102 heavy (non-hydrogen) atoms. The number of quaternary nitrogens is 1. The van der Waals surface area contributed by atoms with E-state index >= 15 is 0 Å². The number of likely N-dealkylation sites (N-methyl/N-ethyl adjacent to an activating group) is 1. The number of phosphoric ester groups is 1. The molecule has 0 saturated heterocycles. The average Bonchev–Trinajstić information content (AvgIpc) is 0.914. The predicted molar refractivity (Wildman–Crippen MR) is 444 cm³/mol. The van der Waals surface area contributed by atoms with Crippen molar-refractivity contribution in [3.05, 3.63) is 267 Å². The molecule has 0 aromatic heterocycles. The number of carbonyl (C=O) groups excluding carboxylic acids is 2. The van der Waals surface area contributed by atoms with Gasteiger partial charge in [-0.3, -0.25) is 18.6 Å². The van der Waals surface area contributed by atoms with E-state index in [1.54, 1.807) is 0 Å². The van der Waals surface area contributed by atoms with Crippen molar-refractivity contribution >= 4 is 19.8 Å². The molecule has 0 aromatic rings. The van der Waals surface area contributed by atoms with Gasteiger partial charge in [0.15, 0.2) is 6.10 Å². The highest BCUT2D eigenvalue weighted by Gasteiger charge is 2.27. The molecule has 0 aromatic carbocycles. The molecule has 0 aliphatic carbocycles. The van der Waals surface area contributed by atoms with E-state index in [0.717, 1.165) is 180 Å². The van der Waals surface area contributed by atoms with Gasteiger partial charge in [-0.2, -0.15) is 0 Å². The molecule has 0 saturated carbocycles. The second-order valence-electron chi connectivity index (χ2n) is 25.9. The quantitative estimate of drug-likeness (QED) is 0.0211. The van der Waals surface area contributed by atoms with Crippen LogP contribution in [-0.4, -0.2) is 74.9 Å². The lowest BCUT2D eigenvalue weighted by atomic mass is 10.1. The minimum absolute atomic E-state index is 0.00654. The van der Waals surface area contributed by atoms with Gasteiger partial charge in [-0.25, -0.2) is 4.57 Å². The lowest BCUT2D eigenvalue weighted by Crippen LogP contribution is -2.37. The largest absolute Gasteiger partial charge is 0.472 e. The van der Waals surface area contributed by atoms with E-state index in [1.165, 1.54) is 25.7 Å². The molecule has 0 amide bonds. The lowest BCUT2D eigenvalue weighted by molar-refractivity contribution is -0.870. The molecule has 0 bridgehead atoms. The monoisotopic (exact) mass is 1420 g/mol. The van der Waals surface area contributed by atoms with Crippen LogP contribution in [-0.2, 0) is 32.7 Å².